The Labute approximate surface area is 232 Å². The number of primary sulfonamides is 1. The largest absolute Gasteiger partial charge is 0.464 e. The van der Waals surface area contributed by atoms with E-state index < -0.39 is 16.1 Å². The second-order valence-corrected chi connectivity index (χ2v) is 12.0. The molecule has 0 bridgehead atoms. The molecule has 206 valence electrons. The molecule has 0 fully saturated rings. The van der Waals surface area contributed by atoms with Gasteiger partial charge in [-0.3, -0.25) is 4.79 Å². The van der Waals surface area contributed by atoms with Crippen LogP contribution in [0, 0.1) is 0 Å². The Bertz CT molecular complexity index is 1470. The number of nitrogens with zero attached hydrogens (tertiary/aromatic N) is 4. The molecule has 39 heavy (non-hydrogen) atoms. The van der Waals surface area contributed by atoms with Crippen LogP contribution >= 0.6 is 11.8 Å². The zero-order valence-electron chi connectivity index (χ0n) is 21.9. The van der Waals surface area contributed by atoms with Crippen LogP contribution in [-0.4, -0.2) is 60.6 Å². The van der Waals surface area contributed by atoms with E-state index in [1.165, 1.54) is 12.1 Å². The molecule has 1 atom stereocenters. The molecule has 2 heterocycles. The van der Waals surface area contributed by atoms with Crippen LogP contribution in [0.5, 0.6) is 0 Å². The molecule has 0 spiro atoms. The highest BCUT2D eigenvalue weighted by atomic mass is 32.2. The van der Waals surface area contributed by atoms with Crippen LogP contribution in [0.2, 0.25) is 0 Å². The standard InChI is InChI=1S/C27H32N6O4S2/c1-32(2)17-22-10-11-23(37-22)19-38-15-14-29-27(34)26(16-20-6-4-3-5-7-20)33-18-25(30-31-33)21-8-12-24(13-9-21)39(28,35)36/h3-13,18,26H,14-17,19H2,1-2H3,(H,29,34)(H2,28,35,36)/t26-/m0/s1. The van der Waals surface area contributed by atoms with E-state index in [4.69, 9.17) is 9.56 Å². The van der Waals surface area contributed by atoms with Gasteiger partial charge < -0.3 is 14.6 Å². The molecular formula is C27H32N6O4S2. The lowest BCUT2D eigenvalue weighted by molar-refractivity contribution is -0.124. The average molecular weight is 569 g/mol. The Morgan fingerprint density at radius 3 is 2.49 bits per heavy atom. The summed E-state index contributed by atoms with van der Waals surface area (Å²) in [6, 6.07) is 19.2. The van der Waals surface area contributed by atoms with Gasteiger partial charge in [0.05, 0.1) is 23.4 Å². The van der Waals surface area contributed by atoms with Crippen LogP contribution in [0.4, 0.5) is 0 Å². The van der Waals surface area contributed by atoms with Crippen molar-refractivity contribution in [1.29, 1.82) is 0 Å². The molecule has 10 nitrogen and oxygen atoms in total. The first kappa shape index (κ1) is 28.6. The zero-order chi connectivity index (χ0) is 27.8. The van der Waals surface area contributed by atoms with Crippen molar-refractivity contribution in [2.75, 3.05) is 26.4 Å². The number of hydrogen-bond donors (Lipinski definition) is 2. The lowest BCUT2D eigenvalue weighted by atomic mass is 10.1. The number of sulfonamides is 1. The van der Waals surface area contributed by atoms with Crippen molar-refractivity contribution in [2.24, 2.45) is 5.14 Å². The maximum absolute atomic E-state index is 13.3. The molecule has 2 aromatic heterocycles. The molecule has 0 radical (unpaired) electrons. The van der Waals surface area contributed by atoms with E-state index >= 15 is 0 Å². The molecule has 2 aromatic carbocycles. The van der Waals surface area contributed by atoms with Gasteiger partial charge in [-0.15, -0.1) is 5.10 Å². The van der Waals surface area contributed by atoms with Crippen molar-refractivity contribution in [3.8, 4) is 11.3 Å². The summed E-state index contributed by atoms with van der Waals surface area (Å²) in [5.74, 6) is 3.14. The van der Waals surface area contributed by atoms with Gasteiger partial charge >= 0.3 is 0 Å². The predicted molar refractivity (Wildman–Crippen MR) is 151 cm³/mol. The van der Waals surface area contributed by atoms with Crippen LogP contribution in [0.25, 0.3) is 11.3 Å². The summed E-state index contributed by atoms with van der Waals surface area (Å²) in [5.41, 5.74) is 2.17. The van der Waals surface area contributed by atoms with Gasteiger partial charge in [-0.05, 0) is 43.9 Å². The van der Waals surface area contributed by atoms with Crippen molar-refractivity contribution in [1.82, 2.24) is 25.2 Å². The fourth-order valence-electron chi connectivity index (χ4n) is 3.95. The van der Waals surface area contributed by atoms with Gasteiger partial charge in [0.1, 0.15) is 23.3 Å². The number of carbonyl (C=O) groups is 1. The number of hydrogen-bond acceptors (Lipinski definition) is 8. The first-order valence-corrected chi connectivity index (χ1v) is 15.1. The van der Waals surface area contributed by atoms with Gasteiger partial charge in [-0.1, -0.05) is 47.7 Å². The van der Waals surface area contributed by atoms with E-state index in [0.29, 0.717) is 24.2 Å². The Hall–Kier alpha value is -3.45. The number of carbonyl (C=O) groups excluding carboxylic acids is 1. The SMILES string of the molecule is CN(C)Cc1ccc(CSCCNC(=O)[C@H](Cc2ccccc2)n2cc(-c3ccc(S(N)(=O)=O)cc3)nn2)o1. The number of nitrogens with one attached hydrogen (secondary N) is 1. The van der Waals surface area contributed by atoms with Crippen molar-refractivity contribution in [3.63, 3.8) is 0 Å². The third-order valence-corrected chi connectivity index (χ3v) is 7.77. The summed E-state index contributed by atoms with van der Waals surface area (Å²) < 4.78 is 30.5. The molecule has 12 heteroatoms. The third-order valence-electron chi connectivity index (χ3n) is 5.86. The first-order valence-electron chi connectivity index (χ1n) is 12.4. The second-order valence-electron chi connectivity index (χ2n) is 9.31. The number of aromatic nitrogens is 3. The summed E-state index contributed by atoms with van der Waals surface area (Å²) in [4.78, 5) is 15.3. The van der Waals surface area contributed by atoms with Crippen LogP contribution in [0.3, 0.4) is 0 Å². The predicted octanol–water partition coefficient (Wildman–Crippen LogP) is 3.08. The van der Waals surface area contributed by atoms with E-state index in [1.807, 2.05) is 56.6 Å². The molecule has 3 N–H and O–H groups in total. The van der Waals surface area contributed by atoms with Gasteiger partial charge in [0.15, 0.2) is 0 Å². The summed E-state index contributed by atoms with van der Waals surface area (Å²) in [6.07, 6.45) is 2.13. The molecule has 0 aliphatic heterocycles. The quantitative estimate of drug-likeness (QED) is 0.235. The fourth-order valence-corrected chi connectivity index (χ4v) is 5.22. The second kappa shape index (κ2) is 13.1. The minimum atomic E-state index is -3.79. The van der Waals surface area contributed by atoms with Crippen molar-refractivity contribution in [3.05, 3.63) is 90.0 Å². The number of amides is 1. The Balaban J connectivity index is 1.38. The third kappa shape index (κ3) is 8.27. The number of nitrogens with two attached hydrogens (primary N) is 1. The molecule has 0 aliphatic carbocycles. The monoisotopic (exact) mass is 568 g/mol. The molecule has 0 saturated heterocycles. The Kier molecular flexibility index (Phi) is 9.57. The van der Waals surface area contributed by atoms with Gasteiger partial charge in [-0.2, -0.15) is 11.8 Å². The van der Waals surface area contributed by atoms with E-state index in [9.17, 15) is 13.2 Å². The van der Waals surface area contributed by atoms with Gasteiger partial charge in [0.25, 0.3) is 0 Å². The number of thioether (sulfide) groups is 1. The molecule has 4 rings (SSSR count). The highest BCUT2D eigenvalue weighted by Gasteiger charge is 2.23. The van der Waals surface area contributed by atoms with Gasteiger partial charge in [0.2, 0.25) is 15.9 Å². The van der Waals surface area contributed by atoms with Crippen molar-refractivity contribution in [2.45, 2.75) is 29.7 Å². The lowest BCUT2D eigenvalue weighted by Crippen LogP contribution is -2.35. The zero-order valence-corrected chi connectivity index (χ0v) is 23.5. The molecule has 1 amide bonds. The fraction of sp³-hybridized carbons (Fsp3) is 0.296. The molecular weight excluding hydrogens is 536 g/mol. The topological polar surface area (TPSA) is 136 Å². The average Bonchev–Trinajstić information content (AvgIpc) is 3.57. The highest BCUT2D eigenvalue weighted by Crippen LogP contribution is 2.22. The minimum absolute atomic E-state index is 0.0129. The molecule has 0 aliphatic rings. The van der Waals surface area contributed by atoms with E-state index in [1.54, 1.807) is 34.8 Å². The summed E-state index contributed by atoms with van der Waals surface area (Å²) in [6.45, 7) is 1.26. The van der Waals surface area contributed by atoms with E-state index in [0.717, 1.165) is 35.1 Å². The Morgan fingerprint density at radius 1 is 1.08 bits per heavy atom. The normalized spacial score (nSPS) is 12.5. The summed E-state index contributed by atoms with van der Waals surface area (Å²) in [7, 11) is 0.206. The number of furan rings is 1. The maximum atomic E-state index is 13.3. The number of benzene rings is 2. The van der Waals surface area contributed by atoms with Crippen LogP contribution < -0.4 is 10.5 Å². The van der Waals surface area contributed by atoms with E-state index in [2.05, 4.69) is 20.5 Å². The minimum Gasteiger partial charge on any atom is -0.464 e. The van der Waals surface area contributed by atoms with Crippen LogP contribution in [-0.2, 0) is 33.5 Å². The lowest BCUT2D eigenvalue weighted by Gasteiger charge is -2.17. The molecule has 0 saturated carbocycles. The Morgan fingerprint density at radius 2 is 1.79 bits per heavy atom. The van der Waals surface area contributed by atoms with Crippen molar-refractivity contribution < 1.29 is 17.6 Å². The number of rotatable bonds is 13. The smallest absolute Gasteiger partial charge is 0.245 e. The van der Waals surface area contributed by atoms with Crippen LogP contribution in [0.1, 0.15) is 23.1 Å². The van der Waals surface area contributed by atoms with Crippen molar-refractivity contribution >= 4 is 27.7 Å². The molecule has 0 unspecified atom stereocenters. The maximum Gasteiger partial charge on any atom is 0.245 e. The first-order chi connectivity index (χ1) is 18.7. The summed E-state index contributed by atoms with van der Waals surface area (Å²) in [5, 5.41) is 16.7. The van der Waals surface area contributed by atoms with E-state index in [-0.39, 0.29) is 10.8 Å². The highest BCUT2D eigenvalue weighted by molar-refractivity contribution is 7.98. The molecule has 4 aromatic rings. The summed E-state index contributed by atoms with van der Waals surface area (Å²) >= 11 is 1.69. The van der Waals surface area contributed by atoms with Gasteiger partial charge in [0, 0.05) is 24.3 Å². The van der Waals surface area contributed by atoms with Crippen LogP contribution in [0.15, 0.2) is 82.2 Å². The van der Waals surface area contributed by atoms with Gasteiger partial charge in [-0.25, -0.2) is 18.2 Å².